The normalized spacial score (nSPS) is 20.1. The van der Waals surface area contributed by atoms with Gasteiger partial charge in [0.1, 0.15) is 5.75 Å². The average molecular weight is 369 g/mol. The Morgan fingerprint density at radius 3 is 2.36 bits per heavy atom. The highest BCUT2D eigenvalue weighted by atomic mass is 16.5. The van der Waals surface area contributed by atoms with Crippen molar-refractivity contribution in [2.45, 2.75) is 18.7 Å². The third-order valence-electron chi connectivity index (χ3n) is 5.50. The van der Waals surface area contributed by atoms with E-state index in [1.807, 2.05) is 12.1 Å². The Balaban J connectivity index is 1.56. The Morgan fingerprint density at radius 2 is 1.61 bits per heavy atom. The van der Waals surface area contributed by atoms with Gasteiger partial charge in [0.05, 0.1) is 11.8 Å². The molecule has 140 valence electrons. The number of anilines is 1. The Bertz CT molecular complexity index is 1010. The van der Waals surface area contributed by atoms with Crippen molar-refractivity contribution in [3.63, 3.8) is 0 Å². The summed E-state index contributed by atoms with van der Waals surface area (Å²) in [6, 6.07) is 27.5. The van der Waals surface area contributed by atoms with Crippen molar-refractivity contribution >= 4 is 11.4 Å². The molecule has 0 saturated heterocycles. The van der Waals surface area contributed by atoms with E-state index in [0.29, 0.717) is 0 Å². The van der Waals surface area contributed by atoms with Gasteiger partial charge in [-0.2, -0.15) is 5.10 Å². The van der Waals surface area contributed by atoms with Crippen LogP contribution in [0.3, 0.4) is 0 Å². The molecule has 4 heteroatoms. The van der Waals surface area contributed by atoms with Crippen LogP contribution in [0.1, 0.15) is 35.4 Å². The summed E-state index contributed by atoms with van der Waals surface area (Å²) in [5.74, 6) is 0.954. The molecule has 0 radical (unpaired) electrons. The highest BCUT2D eigenvalue weighted by Gasteiger charge is 2.40. The number of ether oxygens (including phenoxy) is 1. The molecule has 0 bridgehead atoms. The van der Waals surface area contributed by atoms with Gasteiger partial charge in [0.15, 0.2) is 0 Å². The molecular formula is C24H23N3O. The van der Waals surface area contributed by atoms with Crippen LogP contribution < -0.4 is 9.64 Å². The fourth-order valence-electron chi connectivity index (χ4n) is 4.00. The second-order valence-electron chi connectivity index (χ2n) is 7.51. The van der Waals surface area contributed by atoms with Gasteiger partial charge in [0.2, 0.25) is 6.23 Å². The van der Waals surface area contributed by atoms with Crippen LogP contribution in [-0.2, 0) is 0 Å². The number of para-hydroxylation sites is 1. The van der Waals surface area contributed by atoms with Crippen LogP contribution in [0.15, 0.2) is 84.0 Å². The van der Waals surface area contributed by atoms with Crippen molar-refractivity contribution < 1.29 is 4.74 Å². The molecule has 0 spiro atoms. The molecule has 2 aliphatic rings. The minimum Gasteiger partial charge on any atom is -0.464 e. The van der Waals surface area contributed by atoms with Gasteiger partial charge in [0, 0.05) is 37.3 Å². The van der Waals surface area contributed by atoms with Gasteiger partial charge in [-0.15, -0.1) is 0 Å². The van der Waals surface area contributed by atoms with E-state index in [1.54, 1.807) is 0 Å². The smallest absolute Gasteiger partial charge is 0.213 e. The molecule has 0 saturated carbocycles. The van der Waals surface area contributed by atoms with Crippen molar-refractivity contribution in [2.75, 3.05) is 19.0 Å². The summed E-state index contributed by atoms with van der Waals surface area (Å²) < 4.78 is 6.42. The second kappa shape index (κ2) is 6.71. The third kappa shape index (κ3) is 2.82. The number of hydrogen-bond donors (Lipinski definition) is 0. The first-order chi connectivity index (χ1) is 13.7. The number of hydrogen-bond acceptors (Lipinski definition) is 4. The quantitative estimate of drug-likeness (QED) is 0.651. The highest BCUT2D eigenvalue weighted by Crippen LogP contribution is 2.47. The molecule has 0 aromatic heterocycles. The van der Waals surface area contributed by atoms with Crippen molar-refractivity contribution in [2.24, 2.45) is 5.10 Å². The Labute approximate surface area is 165 Å². The Kier molecular flexibility index (Phi) is 4.05. The van der Waals surface area contributed by atoms with Crippen molar-refractivity contribution in [1.29, 1.82) is 0 Å². The van der Waals surface area contributed by atoms with Crippen molar-refractivity contribution in [3.05, 3.63) is 95.6 Å². The van der Waals surface area contributed by atoms with E-state index in [4.69, 9.17) is 9.84 Å². The van der Waals surface area contributed by atoms with E-state index in [1.165, 1.54) is 16.8 Å². The van der Waals surface area contributed by atoms with Gasteiger partial charge in [-0.3, -0.25) is 0 Å². The van der Waals surface area contributed by atoms with Gasteiger partial charge in [-0.05, 0) is 23.8 Å². The lowest BCUT2D eigenvalue weighted by molar-refractivity contribution is -0.0190. The molecule has 0 unspecified atom stereocenters. The SMILES string of the molecule is CN(C)c1ccc([C@@H]2Oc3ccccc3[C@@H]3CC(c4ccccc4)=NN32)cc1. The van der Waals surface area contributed by atoms with Gasteiger partial charge in [0.25, 0.3) is 0 Å². The summed E-state index contributed by atoms with van der Waals surface area (Å²) in [5, 5.41) is 7.14. The molecule has 3 aromatic rings. The Hall–Kier alpha value is -3.27. The van der Waals surface area contributed by atoms with Gasteiger partial charge in [-0.25, -0.2) is 5.01 Å². The summed E-state index contributed by atoms with van der Waals surface area (Å²) in [6.07, 6.45) is 0.661. The molecule has 5 rings (SSSR count). The molecule has 3 aromatic carbocycles. The first kappa shape index (κ1) is 16.9. The highest BCUT2D eigenvalue weighted by molar-refractivity contribution is 6.01. The molecular weight excluding hydrogens is 346 g/mol. The van der Waals surface area contributed by atoms with Crippen LogP contribution in [-0.4, -0.2) is 24.8 Å². The summed E-state index contributed by atoms with van der Waals surface area (Å²) >= 11 is 0. The van der Waals surface area contributed by atoms with Crippen LogP contribution >= 0.6 is 0 Å². The number of nitrogens with zero attached hydrogens (tertiary/aromatic N) is 3. The van der Waals surface area contributed by atoms with Crippen LogP contribution in [0.25, 0.3) is 0 Å². The zero-order valence-electron chi connectivity index (χ0n) is 16.1. The lowest BCUT2D eigenvalue weighted by Gasteiger charge is -2.38. The molecule has 4 nitrogen and oxygen atoms in total. The van der Waals surface area contributed by atoms with Crippen LogP contribution in [0, 0.1) is 0 Å². The first-order valence-corrected chi connectivity index (χ1v) is 9.65. The molecule has 28 heavy (non-hydrogen) atoms. The lowest BCUT2D eigenvalue weighted by atomic mass is 9.96. The van der Waals surface area contributed by atoms with E-state index in [-0.39, 0.29) is 12.3 Å². The number of hydrazone groups is 1. The topological polar surface area (TPSA) is 28.1 Å². The minimum atomic E-state index is -0.225. The predicted octanol–water partition coefficient (Wildman–Crippen LogP) is 4.99. The van der Waals surface area contributed by atoms with Crippen molar-refractivity contribution in [1.82, 2.24) is 5.01 Å². The molecule has 2 heterocycles. The maximum atomic E-state index is 6.42. The summed E-state index contributed by atoms with van der Waals surface area (Å²) in [5.41, 5.74) is 5.78. The standard InChI is InChI=1S/C24H23N3O/c1-26(2)19-14-12-18(13-15-19)24-27-22(20-10-6-7-11-23(20)28-24)16-21(25-27)17-8-4-3-5-9-17/h3-15,22,24H,16H2,1-2H3/t22-,24-/m0/s1. The van der Waals surface area contributed by atoms with E-state index in [0.717, 1.165) is 23.4 Å². The van der Waals surface area contributed by atoms with E-state index in [9.17, 15) is 0 Å². The Morgan fingerprint density at radius 1 is 0.893 bits per heavy atom. The zero-order valence-corrected chi connectivity index (χ0v) is 16.1. The summed E-state index contributed by atoms with van der Waals surface area (Å²) in [7, 11) is 4.10. The maximum absolute atomic E-state index is 6.42. The van der Waals surface area contributed by atoms with E-state index in [2.05, 4.69) is 90.7 Å². The fraction of sp³-hybridized carbons (Fsp3) is 0.208. The molecule has 2 aliphatic heterocycles. The molecule has 0 N–H and O–H groups in total. The van der Waals surface area contributed by atoms with Gasteiger partial charge in [-0.1, -0.05) is 60.7 Å². The molecule has 2 atom stereocenters. The van der Waals surface area contributed by atoms with Crippen LogP contribution in [0.2, 0.25) is 0 Å². The van der Waals surface area contributed by atoms with E-state index >= 15 is 0 Å². The average Bonchev–Trinajstić information content (AvgIpc) is 3.20. The van der Waals surface area contributed by atoms with Gasteiger partial charge < -0.3 is 9.64 Å². The summed E-state index contributed by atoms with van der Waals surface area (Å²) in [6.45, 7) is 0. The largest absolute Gasteiger partial charge is 0.464 e. The van der Waals surface area contributed by atoms with E-state index < -0.39 is 0 Å². The summed E-state index contributed by atoms with van der Waals surface area (Å²) in [4.78, 5) is 2.10. The molecule has 0 aliphatic carbocycles. The molecule has 0 amide bonds. The monoisotopic (exact) mass is 369 g/mol. The number of rotatable bonds is 3. The van der Waals surface area contributed by atoms with Crippen molar-refractivity contribution in [3.8, 4) is 5.75 Å². The van der Waals surface area contributed by atoms with Crippen LogP contribution in [0.4, 0.5) is 5.69 Å². The maximum Gasteiger partial charge on any atom is 0.213 e. The number of benzene rings is 3. The van der Waals surface area contributed by atoms with Crippen LogP contribution in [0.5, 0.6) is 5.75 Å². The predicted molar refractivity (Wildman–Crippen MR) is 113 cm³/mol. The third-order valence-corrected chi connectivity index (χ3v) is 5.50. The minimum absolute atomic E-state index is 0.193. The lowest BCUT2D eigenvalue weighted by Crippen LogP contribution is -2.33. The number of fused-ring (bicyclic) bond motifs is 3. The van der Waals surface area contributed by atoms with Gasteiger partial charge >= 0.3 is 0 Å². The zero-order chi connectivity index (χ0) is 19.1. The first-order valence-electron chi connectivity index (χ1n) is 9.65. The second-order valence-corrected chi connectivity index (χ2v) is 7.51. The molecule has 0 fully saturated rings. The fourth-order valence-corrected chi connectivity index (χ4v) is 4.00.